The van der Waals surface area contributed by atoms with Crippen molar-refractivity contribution in [2.45, 2.75) is 32.0 Å². The molecule has 0 bridgehead atoms. The monoisotopic (exact) mass is 287 g/mol. The van der Waals surface area contributed by atoms with Gasteiger partial charge in [0.05, 0.1) is 0 Å². The second-order valence-corrected chi connectivity index (χ2v) is 5.70. The van der Waals surface area contributed by atoms with Gasteiger partial charge < -0.3 is 5.32 Å². The van der Waals surface area contributed by atoms with Gasteiger partial charge in [-0.25, -0.2) is 0 Å². The van der Waals surface area contributed by atoms with Crippen LogP contribution in [0.15, 0.2) is 30.3 Å². The first-order valence-electron chi connectivity index (χ1n) is 6.24. The highest BCUT2D eigenvalue weighted by molar-refractivity contribution is 7.19. The van der Waals surface area contributed by atoms with Crippen molar-refractivity contribution in [3.05, 3.63) is 35.2 Å². The molecule has 1 N–H and O–H groups in total. The van der Waals surface area contributed by atoms with Gasteiger partial charge in [-0.05, 0) is 37.4 Å². The smallest absolute Gasteiger partial charge is 0.309 e. The van der Waals surface area contributed by atoms with Crippen LogP contribution in [-0.4, -0.2) is 12.7 Å². The van der Waals surface area contributed by atoms with Crippen molar-refractivity contribution in [3.63, 3.8) is 0 Å². The summed E-state index contributed by atoms with van der Waals surface area (Å²) in [5.74, 6) is 0. The van der Waals surface area contributed by atoms with E-state index in [0.717, 1.165) is 4.88 Å². The zero-order valence-corrected chi connectivity index (χ0v) is 11.4. The Bertz CT molecular complexity index is 500. The van der Waals surface area contributed by atoms with E-state index in [2.05, 4.69) is 17.4 Å². The first-order chi connectivity index (χ1) is 8.96. The number of thiophene rings is 1. The first kappa shape index (κ1) is 14.3. The number of fused-ring (bicyclic) bond motifs is 1. The maximum absolute atomic E-state index is 12.0. The quantitative estimate of drug-likeness (QED) is 0.772. The van der Waals surface area contributed by atoms with Crippen molar-refractivity contribution in [1.82, 2.24) is 5.32 Å². The average molecular weight is 287 g/mol. The zero-order valence-electron chi connectivity index (χ0n) is 10.6. The van der Waals surface area contributed by atoms with Crippen LogP contribution < -0.4 is 5.32 Å². The lowest BCUT2D eigenvalue weighted by molar-refractivity contribution is -0.135. The molecule has 2 aromatic rings. The molecule has 1 nitrogen and oxygen atoms in total. The fourth-order valence-corrected chi connectivity index (χ4v) is 3.02. The van der Waals surface area contributed by atoms with Crippen molar-refractivity contribution in [1.29, 1.82) is 0 Å². The van der Waals surface area contributed by atoms with Crippen LogP contribution in [0, 0.1) is 0 Å². The number of nitrogens with one attached hydrogen (secondary N) is 1. The summed E-state index contributed by atoms with van der Waals surface area (Å²) in [6, 6.07) is 10.3. The lowest BCUT2D eigenvalue weighted by atomic mass is 10.2. The van der Waals surface area contributed by atoms with E-state index < -0.39 is 12.6 Å². The molecule has 0 saturated heterocycles. The molecule has 0 aliphatic heterocycles. The highest BCUT2D eigenvalue weighted by Crippen LogP contribution is 2.29. The van der Waals surface area contributed by atoms with Crippen molar-refractivity contribution in [2.24, 2.45) is 0 Å². The summed E-state index contributed by atoms with van der Waals surface area (Å²) >= 11 is 1.68. The van der Waals surface area contributed by atoms with Crippen molar-refractivity contribution in [3.8, 4) is 0 Å². The van der Waals surface area contributed by atoms with Gasteiger partial charge in [0.15, 0.2) is 0 Å². The van der Waals surface area contributed by atoms with Crippen molar-refractivity contribution >= 4 is 21.4 Å². The van der Waals surface area contributed by atoms with Crippen molar-refractivity contribution in [2.75, 3.05) is 6.54 Å². The second kappa shape index (κ2) is 5.92. The molecule has 1 atom stereocenters. The fraction of sp³-hybridized carbons (Fsp3) is 0.429. The number of hydrogen-bond acceptors (Lipinski definition) is 2. The van der Waals surface area contributed by atoms with E-state index in [-0.39, 0.29) is 12.5 Å². The summed E-state index contributed by atoms with van der Waals surface area (Å²) in [7, 11) is 0. The van der Waals surface area contributed by atoms with E-state index in [1.807, 2.05) is 25.1 Å². The summed E-state index contributed by atoms with van der Waals surface area (Å²) in [6.07, 6.45) is -4.65. The van der Waals surface area contributed by atoms with Gasteiger partial charge in [0, 0.05) is 22.0 Å². The molecule has 5 heteroatoms. The maximum atomic E-state index is 12.0. The molecule has 0 radical (unpaired) electrons. The molecule has 1 aromatic heterocycles. The lowest BCUT2D eigenvalue weighted by Gasteiger charge is -2.12. The van der Waals surface area contributed by atoms with Gasteiger partial charge in [0.2, 0.25) is 0 Å². The number of hydrogen-bond donors (Lipinski definition) is 1. The second-order valence-electron chi connectivity index (χ2n) is 4.58. The Morgan fingerprint density at radius 1 is 1.26 bits per heavy atom. The van der Waals surface area contributed by atoms with Gasteiger partial charge >= 0.3 is 6.18 Å². The molecule has 0 spiro atoms. The summed E-state index contributed by atoms with van der Waals surface area (Å²) in [5, 5.41) is 4.33. The molecule has 0 fully saturated rings. The maximum Gasteiger partial charge on any atom is 0.389 e. The van der Waals surface area contributed by atoms with E-state index in [9.17, 15) is 13.2 Å². The standard InChI is InChI=1S/C14H16F3NS/c1-10(18-8-4-7-14(15,16)17)13-9-11-5-2-3-6-12(11)19-13/h2-3,5-6,9-10,18H,4,7-8H2,1H3. The van der Waals surface area contributed by atoms with Gasteiger partial charge in [-0.15, -0.1) is 11.3 Å². The first-order valence-corrected chi connectivity index (χ1v) is 7.06. The molecule has 1 aromatic carbocycles. The predicted molar refractivity (Wildman–Crippen MR) is 73.5 cm³/mol. The number of benzene rings is 1. The van der Waals surface area contributed by atoms with Crippen LogP contribution in [-0.2, 0) is 0 Å². The highest BCUT2D eigenvalue weighted by atomic mass is 32.1. The molecule has 0 aliphatic carbocycles. The number of rotatable bonds is 5. The largest absolute Gasteiger partial charge is 0.389 e. The molecule has 104 valence electrons. The number of halogens is 3. The highest BCUT2D eigenvalue weighted by Gasteiger charge is 2.25. The normalized spacial score (nSPS) is 13.9. The van der Waals surface area contributed by atoms with Crippen LogP contribution >= 0.6 is 11.3 Å². The Morgan fingerprint density at radius 3 is 2.68 bits per heavy atom. The third kappa shape index (κ3) is 4.21. The van der Waals surface area contributed by atoms with E-state index >= 15 is 0 Å². The molecule has 2 rings (SSSR count). The summed E-state index contributed by atoms with van der Waals surface area (Å²) in [6.45, 7) is 2.37. The third-order valence-corrected chi connectivity index (χ3v) is 4.26. The van der Waals surface area contributed by atoms with Crippen LogP contribution in [0.5, 0.6) is 0 Å². The zero-order chi connectivity index (χ0) is 13.9. The number of alkyl halides is 3. The van der Waals surface area contributed by atoms with Gasteiger partial charge in [-0.2, -0.15) is 13.2 Å². The molecule has 19 heavy (non-hydrogen) atoms. The Balaban J connectivity index is 1.87. The van der Waals surface area contributed by atoms with E-state index in [0.29, 0.717) is 6.54 Å². The molecule has 0 aliphatic rings. The molecular weight excluding hydrogens is 271 g/mol. The van der Waals surface area contributed by atoms with Gasteiger partial charge in [-0.3, -0.25) is 0 Å². The van der Waals surface area contributed by atoms with Crippen LogP contribution in [0.3, 0.4) is 0 Å². The molecule has 1 unspecified atom stereocenters. The SMILES string of the molecule is CC(NCCCC(F)(F)F)c1cc2ccccc2s1. The molecular formula is C14H16F3NS. The van der Waals surface area contributed by atoms with Crippen LogP contribution in [0.25, 0.3) is 10.1 Å². The van der Waals surface area contributed by atoms with Crippen LogP contribution in [0.2, 0.25) is 0 Å². The molecule has 0 saturated carbocycles. The Labute approximate surface area is 114 Å². The van der Waals surface area contributed by atoms with E-state index in [1.165, 1.54) is 10.1 Å². The lowest BCUT2D eigenvalue weighted by Crippen LogP contribution is -2.20. The molecule has 0 amide bonds. The average Bonchev–Trinajstić information content (AvgIpc) is 2.77. The molecule has 1 heterocycles. The van der Waals surface area contributed by atoms with E-state index in [4.69, 9.17) is 0 Å². The van der Waals surface area contributed by atoms with Crippen LogP contribution in [0.4, 0.5) is 13.2 Å². The fourth-order valence-electron chi connectivity index (χ4n) is 1.92. The minimum Gasteiger partial charge on any atom is -0.309 e. The third-order valence-electron chi connectivity index (χ3n) is 2.96. The Kier molecular flexibility index (Phi) is 4.47. The minimum atomic E-state index is -4.05. The summed E-state index contributed by atoms with van der Waals surface area (Å²) in [4.78, 5) is 1.16. The van der Waals surface area contributed by atoms with Crippen LogP contribution in [0.1, 0.15) is 30.7 Å². The van der Waals surface area contributed by atoms with Gasteiger partial charge in [0.1, 0.15) is 0 Å². The summed E-state index contributed by atoms with van der Waals surface area (Å²) < 4.78 is 37.3. The summed E-state index contributed by atoms with van der Waals surface area (Å²) in [5.41, 5.74) is 0. The van der Waals surface area contributed by atoms with Gasteiger partial charge in [0.25, 0.3) is 0 Å². The minimum absolute atomic E-state index is 0.0885. The Morgan fingerprint density at radius 2 is 2.00 bits per heavy atom. The topological polar surface area (TPSA) is 12.0 Å². The van der Waals surface area contributed by atoms with E-state index in [1.54, 1.807) is 11.3 Å². The van der Waals surface area contributed by atoms with Gasteiger partial charge in [-0.1, -0.05) is 18.2 Å². The van der Waals surface area contributed by atoms with Crippen molar-refractivity contribution < 1.29 is 13.2 Å². The predicted octanol–water partition coefficient (Wildman–Crippen LogP) is 4.89. The Hall–Kier alpha value is -1.07.